The molecule has 0 aliphatic heterocycles. The number of nitrogens with zero attached hydrogens (tertiary/aromatic N) is 1. The highest BCUT2D eigenvalue weighted by atomic mass is 32.1. The summed E-state index contributed by atoms with van der Waals surface area (Å²) in [6.45, 7) is 2.08. The van der Waals surface area contributed by atoms with Crippen LogP contribution in [0, 0.1) is 6.92 Å². The smallest absolute Gasteiger partial charge is 0.255 e. The minimum atomic E-state index is -0.115. The van der Waals surface area contributed by atoms with Crippen molar-refractivity contribution in [3.8, 4) is 0 Å². The summed E-state index contributed by atoms with van der Waals surface area (Å²) in [5, 5.41) is 2.87. The van der Waals surface area contributed by atoms with Crippen molar-refractivity contribution >= 4 is 34.8 Å². The number of hydrogen-bond acceptors (Lipinski definition) is 3. The third-order valence-corrected chi connectivity index (χ3v) is 4.20. The van der Waals surface area contributed by atoms with Crippen molar-refractivity contribution in [3.05, 3.63) is 82.0 Å². The van der Waals surface area contributed by atoms with Crippen LogP contribution in [0.15, 0.2) is 71.7 Å². The lowest BCUT2D eigenvalue weighted by atomic mass is 10.2. The first-order chi connectivity index (χ1) is 11.2. The number of carbonyl (C=O) groups excluding carboxylic acids is 1. The van der Waals surface area contributed by atoms with Crippen LogP contribution in [-0.4, -0.2) is 12.1 Å². The van der Waals surface area contributed by atoms with E-state index in [1.165, 1.54) is 4.88 Å². The number of thiophene rings is 1. The molecule has 3 nitrogen and oxygen atoms in total. The van der Waals surface area contributed by atoms with Crippen molar-refractivity contribution in [2.45, 2.75) is 6.92 Å². The van der Waals surface area contributed by atoms with Gasteiger partial charge in [-0.1, -0.05) is 18.2 Å². The fraction of sp³-hybridized carbons (Fsp3) is 0.0526. The molecule has 0 saturated carbocycles. The van der Waals surface area contributed by atoms with Gasteiger partial charge in [0.15, 0.2) is 0 Å². The van der Waals surface area contributed by atoms with E-state index in [1.54, 1.807) is 23.5 Å². The third-order valence-electron chi connectivity index (χ3n) is 3.26. The van der Waals surface area contributed by atoms with E-state index in [0.717, 1.165) is 16.3 Å². The molecule has 0 bridgehead atoms. The molecule has 1 aromatic heterocycles. The Balaban J connectivity index is 1.65. The molecule has 0 radical (unpaired) electrons. The molecular weight excluding hydrogens is 304 g/mol. The summed E-state index contributed by atoms with van der Waals surface area (Å²) < 4.78 is 0. The van der Waals surface area contributed by atoms with Gasteiger partial charge in [-0.15, -0.1) is 11.3 Å². The quantitative estimate of drug-likeness (QED) is 0.671. The first kappa shape index (κ1) is 15.2. The Morgan fingerprint density at radius 1 is 1.00 bits per heavy atom. The Bertz CT molecular complexity index is 820. The van der Waals surface area contributed by atoms with Crippen molar-refractivity contribution < 1.29 is 4.79 Å². The van der Waals surface area contributed by atoms with Crippen LogP contribution in [0.5, 0.6) is 0 Å². The number of amides is 1. The summed E-state index contributed by atoms with van der Waals surface area (Å²) in [5.74, 6) is -0.115. The third kappa shape index (κ3) is 4.14. The van der Waals surface area contributed by atoms with E-state index in [1.807, 2.05) is 48.7 Å². The average Bonchev–Trinajstić information content (AvgIpc) is 3.00. The molecular formula is C19H16N2OS. The van der Waals surface area contributed by atoms with E-state index in [2.05, 4.69) is 29.4 Å². The van der Waals surface area contributed by atoms with Gasteiger partial charge in [-0.3, -0.25) is 9.79 Å². The SMILES string of the molecule is Cc1ccc(C=Nc2ccc(NC(=O)c3ccccc3)cc2)s1. The summed E-state index contributed by atoms with van der Waals surface area (Å²) in [7, 11) is 0. The van der Waals surface area contributed by atoms with Crippen molar-refractivity contribution in [3.63, 3.8) is 0 Å². The Labute approximate surface area is 139 Å². The minimum Gasteiger partial charge on any atom is -0.322 e. The first-order valence-electron chi connectivity index (χ1n) is 7.28. The molecule has 1 amide bonds. The molecule has 0 saturated heterocycles. The molecule has 3 aromatic rings. The predicted molar refractivity (Wildman–Crippen MR) is 97.1 cm³/mol. The van der Waals surface area contributed by atoms with Gasteiger partial charge in [-0.05, 0) is 55.5 Å². The Kier molecular flexibility index (Phi) is 4.64. The maximum absolute atomic E-state index is 12.1. The lowest BCUT2D eigenvalue weighted by molar-refractivity contribution is 0.102. The molecule has 0 unspecified atom stereocenters. The molecule has 1 N–H and O–H groups in total. The molecule has 0 spiro atoms. The van der Waals surface area contributed by atoms with E-state index in [9.17, 15) is 4.79 Å². The van der Waals surface area contributed by atoms with Crippen LogP contribution in [0.3, 0.4) is 0 Å². The van der Waals surface area contributed by atoms with Crippen molar-refractivity contribution in [2.75, 3.05) is 5.32 Å². The second kappa shape index (κ2) is 7.03. The van der Waals surface area contributed by atoms with Crippen LogP contribution in [0.4, 0.5) is 11.4 Å². The Hall–Kier alpha value is -2.72. The van der Waals surface area contributed by atoms with Crippen LogP contribution < -0.4 is 5.32 Å². The van der Waals surface area contributed by atoms with Gasteiger partial charge in [0.05, 0.1) is 5.69 Å². The number of nitrogens with one attached hydrogen (secondary N) is 1. The average molecular weight is 320 g/mol. The molecule has 0 aliphatic carbocycles. The lowest BCUT2D eigenvalue weighted by Crippen LogP contribution is -2.11. The summed E-state index contributed by atoms with van der Waals surface area (Å²) in [4.78, 5) is 18.9. The van der Waals surface area contributed by atoms with Gasteiger partial charge in [-0.25, -0.2) is 0 Å². The zero-order valence-electron chi connectivity index (χ0n) is 12.7. The molecule has 2 aromatic carbocycles. The number of anilines is 1. The molecule has 0 fully saturated rings. The number of aliphatic imine (C=N–C) groups is 1. The maximum atomic E-state index is 12.1. The highest BCUT2D eigenvalue weighted by Crippen LogP contribution is 2.18. The number of aryl methyl sites for hydroxylation is 1. The van der Waals surface area contributed by atoms with Gasteiger partial charge in [0.1, 0.15) is 0 Å². The van der Waals surface area contributed by atoms with E-state index in [4.69, 9.17) is 0 Å². The number of carbonyl (C=O) groups is 1. The topological polar surface area (TPSA) is 41.5 Å². The van der Waals surface area contributed by atoms with Gasteiger partial charge in [-0.2, -0.15) is 0 Å². The van der Waals surface area contributed by atoms with Gasteiger partial charge >= 0.3 is 0 Å². The van der Waals surface area contributed by atoms with Crippen molar-refractivity contribution in [1.82, 2.24) is 0 Å². The highest BCUT2D eigenvalue weighted by Gasteiger charge is 2.04. The van der Waals surface area contributed by atoms with Gasteiger partial charge in [0.2, 0.25) is 0 Å². The van der Waals surface area contributed by atoms with E-state index < -0.39 is 0 Å². The monoisotopic (exact) mass is 320 g/mol. The Morgan fingerprint density at radius 2 is 1.74 bits per heavy atom. The lowest BCUT2D eigenvalue weighted by Gasteiger charge is -2.05. The molecule has 4 heteroatoms. The predicted octanol–water partition coefficient (Wildman–Crippen LogP) is 5.06. The number of hydrogen-bond donors (Lipinski definition) is 1. The van der Waals surface area contributed by atoms with Crippen LogP contribution in [0.2, 0.25) is 0 Å². The van der Waals surface area contributed by atoms with Gasteiger partial charge < -0.3 is 5.32 Å². The highest BCUT2D eigenvalue weighted by molar-refractivity contribution is 7.13. The Morgan fingerprint density at radius 3 is 2.39 bits per heavy atom. The van der Waals surface area contributed by atoms with Crippen LogP contribution in [0.25, 0.3) is 0 Å². The summed E-state index contributed by atoms with van der Waals surface area (Å²) in [6.07, 6.45) is 1.86. The fourth-order valence-corrected chi connectivity index (χ4v) is 2.83. The van der Waals surface area contributed by atoms with Crippen LogP contribution >= 0.6 is 11.3 Å². The van der Waals surface area contributed by atoms with E-state index >= 15 is 0 Å². The molecule has 23 heavy (non-hydrogen) atoms. The van der Waals surface area contributed by atoms with Gasteiger partial charge in [0.25, 0.3) is 5.91 Å². The molecule has 114 valence electrons. The number of rotatable bonds is 4. The van der Waals surface area contributed by atoms with E-state index in [-0.39, 0.29) is 5.91 Å². The standard InChI is InChI=1S/C19H16N2OS/c1-14-7-12-18(23-14)13-20-16-8-10-17(11-9-16)21-19(22)15-5-3-2-4-6-15/h2-13H,1H3,(H,21,22). The van der Waals surface area contributed by atoms with Gasteiger partial charge in [0, 0.05) is 27.2 Å². The molecule has 1 heterocycles. The zero-order valence-corrected chi connectivity index (χ0v) is 13.5. The molecule has 0 atom stereocenters. The fourth-order valence-electron chi connectivity index (χ4n) is 2.08. The normalized spacial score (nSPS) is 10.8. The van der Waals surface area contributed by atoms with E-state index in [0.29, 0.717) is 5.56 Å². The summed E-state index contributed by atoms with van der Waals surface area (Å²) in [6, 6.07) is 20.8. The second-order valence-corrected chi connectivity index (χ2v) is 6.39. The van der Waals surface area contributed by atoms with Crippen molar-refractivity contribution in [2.24, 2.45) is 4.99 Å². The molecule has 3 rings (SSSR count). The number of benzene rings is 2. The minimum absolute atomic E-state index is 0.115. The first-order valence-corrected chi connectivity index (χ1v) is 8.09. The second-order valence-electron chi connectivity index (χ2n) is 5.07. The largest absolute Gasteiger partial charge is 0.322 e. The summed E-state index contributed by atoms with van der Waals surface area (Å²) in [5.41, 5.74) is 2.25. The summed E-state index contributed by atoms with van der Waals surface area (Å²) >= 11 is 1.71. The van der Waals surface area contributed by atoms with Crippen molar-refractivity contribution in [1.29, 1.82) is 0 Å². The maximum Gasteiger partial charge on any atom is 0.255 e. The zero-order chi connectivity index (χ0) is 16.1. The molecule has 0 aliphatic rings. The van der Waals surface area contributed by atoms with Crippen LogP contribution in [0.1, 0.15) is 20.1 Å². The van der Waals surface area contributed by atoms with Crippen LogP contribution in [-0.2, 0) is 0 Å².